The molecule has 0 amide bonds. The zero-order chi connectivity index (χ0) is 12.5. The van der Waals surface area contributed by atoms with Crippen LogP contribution in [0.2, 0.25) is 10.3 Å². The minimum atomic E-state index is 0.215. The highest BCUT2D eigenvalue weighted by molar-refractivity contribution is 6.36. The van der Waals surface area contributed by atoms with E-state index in [2.05, 4.69) is 25.6 Å². The molecule has 1 aliphatic rings. The number of piperidine rings is 1. The van der Waals surface area contributed by atoms with Crippen LogP contribution in [0.5, 0.6) is 0 Å². The minimum absolute atomic E-state index is 0.215. The number of nitrogens with zero attached hydrogens (tertiary/aromatic N) is 2. The number of hydrogen-bond donors (Lipinski definition) is 3. The lowest BCUT2D eigenvalue weighted by atomic mass is 10.1. The van der Waals surface area contributed by atoms with E-state index in [9.17, 15) is 0 Å². The monoisotopic (exact) mass is 285 g/mol. The summed E-state index contributed by atoms with van der Waals surface area (Å²) in [5.74, 6) is 0.699. The molecule has 3 heterocycles. The maximum Gasteiger partial charge on any atom is 0.226 e. The average molecular weight is 286 g/mol. The van der Waals surface area contributed by atoms with Crippen LogP contribution in [0.1, 0.15) is 12.8 Å². The maximum atomic E-state index is 6.14. The first kappa shape index (κ1) is 12.0. The molecule has 7 heteroatoms. The van der Waals surface area contributed by atoms with Crippen molar-refractivity contribution in [2.24, 2.45) is 0 Å². The second-order valence-corrected chi connectivity index (χ2v) is 5.13. The van der Waals surface area contributed by atoms with E-state index in [1.807, 2.05) is 0 Å². The molecule has 0 aromatic carbocycles. The van der Waals surface area contributed by atoms with Crippen molar-refractivity contribution in [2.75, 3.05) is 18.4 Å². The highest BCUT2D eigenvalue weighted by Gasteiger charge is 2.17. The Morgan fingerprint density at radius 1 is 1.33 bits per heavy atom. The van der Waals surface area contributed by atoms with Gasteiger partial charge in [0.2, 0.25) is 5.28 Å². The first-order valence-corrected chi connectivity index (χ1v) is 6.67. The van der Waals surface area contributed by atoms with Gasteiger partial charge in [-0.1, -0.05) is 11.6 Å². The van der Waals surface area contributed by atoms with E-state index in [4.69, 9.17) is 23.2 Å². The van der Waals surface area contributed by atoms with Crippen LogP contribution in [-0.2, 0) is 0 Å². The lowest BCUT2D eigenvalue weighted by molar-refractivity contribution is 0.479. The van der Waals surface area contributed by atoms with Crippen molar-refractivity contribution in [3.05, 3.63) is 16.5 Å². The summed E-state index contributed by atoms with van der Waals surface area (Å²) in [6.45, 7) is 1.99. The average Bonchev–Trinajstić information content (AvgIpc) is 2.72. The SMILES string of the molecule is Clc1nc(NC2CCCNC2)c2c(Cl)c[nH]c2n1. The fraction of sp³-hybridized carbons (Fsp3) is 0.455. The molecule has 0 bridgehead atoms. The Hall–Kier alpha value is -1.04. The summed E-state index contributed by atoms with van der Waals surface area (Å²) in [7, 11) is 0. The van der Waals surface area contributed by atoms with Gasteiger partial charge in [0, 0.05) is 18.8 Å². The summed E-state index contributed by atoms with van der Waals surface area (Å²) in [5.41, 5.74) is 0.659. The van der Waals surface area contributed by atoms with Crippen LogP contribution in [0.15, 0.2) is 6.20 Å². The van der Waals surface area contributed by atoms with Crippen LogP contribution < -0.4 is 10.6 Å². The second-order valence-electron chi connectivity index (χ2n) is 4.39. The Morgan fingerprint density at radius 3 is 3.00 bits per heavy atom. The third-order valence-corrected chi connectivity index (χ3v) is 3.56. The molecule has 0 spiro atoms. The molecule has 5 nitrogen and oxygen atoms in total. The second kappa shape index (κ2) is 4.91. The summed E-state index contributed by atoms with van der Waals surface area (Å²) < 4.78 is 0. The molecule has 1 aliphatic heterocycles. The van der Waals surface area contributed by atoms with Gasteiger partial charge in [-0.05, 0) is 31.0 Å². The van der Waals surface area contributed by atoms with Gasteiger partial charge >= 0.3 is 0 Å². The summed E-state index contributed by atoms with van der Waals surface area (Å²) in [5, 5.41) is 8.35. The first-order chi connectivity index (χ1) is 8.74. The van der Waals surface area contributed by atoms with Gasteiger partial charge < -0.3 is 15.6 Å². The van der Waals surface area contributed by atoms with E-state index in [1.54, 1.807) is 6.20 Å². The molecule has 1 atom stereocenters. The van der Waals surface area contributed by atoms with Gasteiger partial charge in [-0.25, -0.2) is 0 Å². The van der Waals surface area contributed by atoms with Gasteiger partial charge in [0.05, 0.1) is 10.4 Å². The van der Waals surface area contributed by atoms with Gasteiger partial charge in [-0.2, -0.15) is 9.97 Å². The summed E-state index contributed by atoms with van der Waals surface area (Å²) in [4.78, 5) is 11.3. The summed E-state index contributed by atoms with van der Waals surface area (Å²) >= 11 is 12.0. The normalized spacial score (nSPS) is 20.2. The Morgan fingerprint density at radius 2 is 2.22 bits per heavy atom. The lowest BCUT2D eigenvalue weighted by Crippen LogP contribution is -2.38. The van der Waals surface area contributed by atoms with Crippen LogP contribution in [0.3, 0.4) is 0 Å². The van der Waals surface area contributed by atoms with Gasteiger partial charge in [0.1, 0.15) is 11.5 Å². The van der Waals surface area contributed by atoms with E-state index < -0.39 is 0 Å². The number of aromatic nitrogens is 3. The number of anilines is 1. The quantitative estimate of drug-likeness (QED) is 0.742. The van der Waals surface area contributed by atoms with Crippen molar-refractivity contribution in [3.8, 4) is 0 Å². The highest BCUT2D eigenvalue weighted by atomic mass is 35.5. The van der Waals surface area contributed by atoms with E-state index in [-0.39, 0.29) is 5.28 Å². The molecule has 1 saturated heterocycles. The molecule has 2 aromatic rings. The zero-order valence-corrected chi connectivity index (χ0v) is 11.1. The van der Waals surface area contributed by atoms with Crippen molar-refractivity contribution < 1.29 is 0 Å². The summed E-state index contributed by atoms with van der Waals surface area (Å²) in [6, 6.07) is 0.346. The Kier molecular flexibility index (Phi) is 3.28. The molecular formula is C11H13Cl2N5. The van der Waals surface area contributed by atoms with Crippen molar-refractivity contribution in [2.45, 2.75) is 18.9 Å². The van der Waals surface area contributed by atoms with E-state index in [0.717, 1.165) is 31.3 Å². The molecule has 1 fully saturated rings. The topological polar surface area (TPSA) is 65.6 Å². The summed E-state index contributed by atoms with van der Waals surface area (Å²) in [6.07, 6.45) is 3.96. The van der Waals surface area contributed by atoms with Crippen molar-refractivity contribution in [3.63, 3.8) is 0 Å². The number of fused-ring (bicyclic) bond motifs is 1. The van der Waals surface area contributed by atoms with Gasteiger partial charge in [0.15, 0.2) is 0 Å². The van der Waals surface area contributed by atoms with E-state index in [1.165, 1.54) is 0 Å². The third kappa shape index (κ3) is 2.25. The third-order valence-electron chi connectivity index (χ3n) is 3.09. The van der Waals surface area contributed by atoms with Crippen molar-refractivity contribution in [1.82, 2.24) is 20.3 Å². The van der Waals surface area contributed by atoms with Gasteiger partial charge in [0.25, 0.3) is 0 Å². The Labute approximate surface area is 114 Å². The lowest BCUT2D eigenvalue weighted by Gasteiger charge is -2.24. The Bertz CT molecular complexity index is 562. The molecule has 2 aromatic heterocycles. The van der Waals surface area contributed by atoms with Crippen molar-refractivity contribution in [1.29, 1.82) is 0 Å². The predicted octanol–water partition coefficient (Wildman–Crippen LogP) is 2.43. The molecule has 0 saturated carbocycles. The number of aromatic amines is 1. The predicted molar refractivity (Wildman–Crippen MR) is 73.4 cm³/mol. The highest BCUT2D eigenvalue weighted by Crippen LogP contribution is 2.29. The van der Waals surface area contributed by atoms with E-state index >= 15 is 0 Å². The Balaban J connectivity index is 1.96. The van der Waals surface area contributed by atoms with Crippen LogP contribution in [0.25, 0.3) is 11.0 Å². The number of halogens is 2. The maximum absolute atomic E-state index is 6.14. The van der Waals surface area contributed by atoms with Crippen molar-refractivity contribution >= 4 is 40.1 Å². The van der Waals surface area contributed by atoms with Gasteiger partial charge in [-0.15, -0.1) is 0 Å². The molecule has 0 aliphatic carbocycles. The number of H-pyrrole nitrogens is 1. The standard InChI is InChI=1S/C11H13Cl2N5/c12-7-5-15-9-8(7)10(18-11(13)17-9)16-6-2-1-3-14-4-6/h5-6,14H,1-4H2,(H2,15,16,17,18). The van der Waals surface area contributed by atoms with Crippen LogP contribution in [0.4, 0.5) is 5.82 Å². The number of hydrogen-bond acceptors (Lipinski definition) is 4. The number of nitrogens with one attached hydrogen (secondary N) is 3. The molecule has 3 rings (SSSR count). The number of rotatable bonds is 2. The molecule has 18 heavy (non-hydrogen) atoms. The minimum Gasteiger partial charge on any atom is -0.365 e. The largest absolute Gasteiger partial charge is 0.365 e. The zero-order valence-electron chi connectivity index (χ0n) is 9.63. The fourth-order valence-electron chi connectivity index (χ4n) is 2.24. The van der Waals surface area contributed by atoms with Gasteiger partial charge in [-0.3, -0.25) is 0 Å². The van der Waals surface area contributed by atoms with Crippen LogP contribution >= 0.6 is 23.2 Å². The molecule has 1 unspecified atom stereocenters. The molecule has 3 N–H and O–H groups in total. The fourth-order valence-corrected chi connectivity index (χ4v) is 2.64. The van der Waals surface area contributed by atoms with Crippen LogP contribution in [-0.4, -0.2) is 34.1 Å². The smallest absolute Gasteiger partial charge is 0.226 e. The van der Waals surface area contributed by atoms with Crippen LogP contribution in [0, 0.1) is 0 Å². The molecular weight excluding hydrogens is 273 g/mol. The molecule has 96 valence electrons. The van der Waals surface area contributed by atoms with E-state index in [0.29, 0.717) is 22.5 Å². The first-order valence-electron chi connectivity index (χ1n) is 5.91. The molecule has 0 radical (unpaired) electrons.